The van der Waals surface area contributed by atoms with Gasteiger partial charge in [0.15, 0.2) is 18.1 Å². The monoisotopic (exact) mass is 548 g/mol. The number of aromatic nitrogens is 2. The molecule has 41 heavy (non-hydrogen) atoms. The molecule has 0 spiro atoms. The molecule has 0 unspecified atom stereocenters. The van der Waals surface area contributed by atoms with Crippen molar-refractivity contribution >= 4 is 27.8 Å². The zero-order valence-electron chi connectivity index (χ0n) is 22.7. The van der Waals surface area contributed by atoms with Crippen LogP contribution in [0.1, 0.15) is 17.0 Å². The number of carboxylic acid groups (broad SMARTS) is 1. The van der Waals surface area contributed by atoms with E-state index in [1.807, 2.05) is 85.8 Å². The Bertz CT molecular complexity index is 1850. The van der Waals surface area contributed by atoms with Crippen molar-refractivity contribution in [3.05, 3.63) is 108 Å². The number of ether oxygens (including phenoxy) is 3. The molecule has 2 aromatic heterocycles. The summed E-state index contributed by atoms with van der Waals surface area (Å²) in [4.78, 5) is 15.8. The van der Waals surface area contributed by atoms with Crippen molar-refractivity contribution in [3.63, 3.8) is 0 Å². The van der Waals surface area contributed by atoms with Crippen LogP contribution in [-0.4, -0.2) is 34.3 Å². The lowest BCUT2D eigenvalue weighted by Crippen LogP contribution is -2.09. The summed E-state index contributed by atoms with van der Waals surface area (Å²) in [5.41, 5.74) is 4.61. The minimum atomic E-state index is -1.02. The predicted molar refractivity (Wildman–Crippen MR) is 156 cm³/mol. The van der Waals surface area contributed by atoms with Gasteiger partial charge in [-0.15, -0.1) is 0 Å². The van der Waals surface area contributed by atoms with Gasteiger partial charge in [-0.05, 0) is 55.0 Å². The van der Waals surface area contributed by atoms with Gasteiger partial charge in [-0.2, -0.15) is 0 Å². The van der Waals surface area contributed by atoms with E-state index in [0.717, 1.165) is 38.6 Å². The summed E-state index contributed by atoms with van der Waals surface area (Å²) in [6, 6.07) is 29.4. The van der Waals surface area contributed by atoms with Crippen molar-refractivity contribution in [1.29, 1.82) is 0 Å². The van der Waals surface area contributed by atoms with Crippen LogP contribution in [0.2, 0.25) is 0 Å². The van der Waals surface area contributed by atoms with Crippen LogP contribution in [-0.2, 0) is 17.9 Å². The van der Waals surface area contributed by atoms with Gasteiger partial charge in [-0.1, -0.05) is 48.5 Å². The Morgan fingerprint density at radius 2 is 1.66 bits per heavy atom. The minimum Gasteiger partial charge on any atom is -0.493 e. The number of hydrogen-bond donors (Lipinski definition) is 1. The van der Waals surface area contributed by atoms with Crippen molar-refractivity contribution in [2.24, 2.45) is 0 Å². The second kappa shape index (κ2) is 11.1. The van der Waals surface area contributed by atoms with Gasteiger partial charge in [0.2, 0.25) is 5.89 Å². The van der Waals surface area contributed by atoms with Crippen molar-refractivity contribution in [1.82, 2.24) is 9.55 Å². The van der Waals surface area contributed by atoms with Gasteiger partial charge in [0.1, 0.15) is 23.8 Å². The fraction of sp³-hybridized carbons (Fsp3) is 0.152. The molecule has 0 amide bonds. The lowest BCUT2D eigenvalue weighted by molar-refractivity contribution is -0.139. The highest BCUT2D eigenvalue weighted by atomic mass is 16.5. The van der Waals surface area contributed by atoms with Crippen LogP contribution in [0.25, 0.3) is 33.3 Å². The number of carboxylic acids is 1. The Hall–Kier alpha value is -5.24. The van der Waals surface area contributed by atoms with E-state index in [9.17, 15) is 4.79 Å². The molecular weight excluding hydrogens is 520 g/mol. The van der Waals surface area contributed by atoms with Gasteiger partial charge >= 0.3 is 5.97 Å². The number of aliphatic carboxylic acids is 1. The summed E-state index contributed by atoms with van der Waals surface area (Å²) < 4.78 is 25.5. The third-order valence-corrected chi connectivity index (χ3v) is 6.96. The first-order chi connectivity index (χ1) is 20.0. The van der Waals surface area contributed by atoms with Crippen LogP contribution in [0.3, 0.4) is 0 Å². The van der Waals surface area contributed by atoms with E-state index in [1.54, 1.807) is 13.2 Å². The molecule has 6 rings (SSSR count). The number of benzene rings is 4. The smallest absolute Gasteiger partial charge is 0.341 e. The van der Waals surface area contributed by atoms with Gasteiger partial charge in [0.05, 0.1) is 12.6 Å². The lowest BCUT2D eigenvalue weighted by atomic mass is 10.1. The Morgan fingerprint density at radius 1 is 0.878 bits per heavy atom. The van der Waals surface area contributed by atoms with Gasteiger partial charge in [0.25, 0.3) is 0 Å². The molecule has 0 atom stereocenters. The predicted octanol–water partition coefficient (Wildman–Crippen LogP) is 6.86. The Balaban J connectivity index is 1.27. The van der Waals surface area contributed by atoms with E-state index in [1.165, 1.54) is 0 Å². The van der Waals surface area contributed by atoms with Crippen molar-refractivity contribution < 1.29 is 28.5 Å². The summed E-state index contributed by atoms with van der Waals surface area (Å²) in [6.07, 6.45) is 0. The van der Waals surface area contributed by atoms with E-state index in [2.05, 4.69) is 15.6 Å². The minimum absolute atomic E-state index is 0.240. The highest BCUT2D eigenvalue weighted by Gasteiger charge is 2.17. The van der Waals surface area contributed by atoms with Gasteiger partial charge in [0, 0.05) is 28.4 Å². The molecule has 0 bridgehead atoms. The summed E-state index contributed by atoms with van der Waals surface area (Å²) >= 11 is 0. The highest BCUT2D eigenvalue weighted by molar-refractivity contribution is 6.11. The van der Waals surface area contributed by atoms with Crippen LogP contribution in [0.5, 0.6) is 17.2 Å². The molecule has 0 aliphatic rings. The van der Waals surface area contributed by atoms with Crippen molar-refractivity contribution in [2.45, 2.75) is 20.1 Å². The fourth-order valence-corrected chi connectivity index (χ4v) is 5.02. The first kappa shape index (κ1) is 26.0. The topological polar surface area (TPSA) is 96.0 Å². The molecule has 0 saturated carbocycles. The largest absolute Gasteiger partial charge is 0.493 e. The number of rotatable bonds is 10. The van der Waals surface area contributed by atoms with E-state index in [4.69, 9.17) is 23.7 Å². The molecule has 4 aromatic carbocycles. The summed E-state index contributed by atoms with van der Waals surface area (Å²) in [5.74, 6) is 2.00. The Kier molecular flexibility index (Phi) is 7.04. The average molecular weight is 549 g/mol. The Labute approximate surface area is 236 Å². The first-order valence-corrected chi connectivity index (χ1v) is 13.2. The maximum Gasteiger partial charge on any atom is 0.341 e. The van der Waals surface area contributed by atoms with Gasteiger partial charge < -0.3 is 28.3 Å². The third-order valence-electron chi connectivity index (χ3n) is 6.96. The molecule has 1 N–H and O–H groups in total. The summed E-state index contributed by atoms with van der Waals surface area (Å²) in [5, 5.41) is 11.0. The van der Waals surface area contributed by atoms with Crippen LogP contribution in [0.4, 0.5) is 0 Å². The molecule has 0 radical (unpaired) electrons. The SMILES string of the molecule is COc1cc(Cn2c3ccccc3c3c(OCC(=O)O)cccc32)ccc1OCc1nc(-c2ccccc2)oc1C. The molecular formula is C33H28N2O6. The first-order valence-electron chi connectivity index (χ1n) is 13.2. The Morgan fingerprint density at radius 3 is 2.46 bits per heavy atom. The second-order valence-electron chi connectivity index (χ2n) is 9.60. The summed E-state index contributed by atoms with van der Waals surface area (Å²) in [7, 11) is 1.62. The zero-order valence-corrected chi connectivity index (χ0v) is 22.7. The molecule has 0 aliphatic heterocycles. The molecule has 0 saturated heterocycles. The number of nitrogens with zero attached hydrogens (tertiary/aromatic N) is 2. The van der Waals surface area contributed by atoms with Crippen molar-refractivity contribution in [2.75, 3.05) is 13.7 Å². The molecule has 2 heterocycles. The number of hydrogen-bond acceptors (Lipinski definition) is 6. The average Bonchev–Trinajstić information content (AvgIpc) is 3.53. The molecule has 6 aromatic rings. The van der Waals surface area contributed by atoms with E-state index < -0.39 is 12.6 Å². The number of fused-ring (bicyclic) bond motifs is 3. The fourth-order valence-electron chi connectivity index (χ4n) is 5.02. The van der Waals surface area contributed by atoms with Gasteiger partial charge in [-0.3, -0.25) is 0 Å². The van der Waals surface area contributed by atoms with Crippen LogP contribution >= 0.6 is 0 Å². The molecule has 8 nitrogen and oxygen atoms in total. The van der Waals surface area contributed by atoms with Crippen LogP contribution in [0.15, 0.2) is 95.4 Å². The maximum atomic E-state index is 11.1. The number of oxazole rings is 1. The van der Waals surface area contributed by atoms with E-state index in [-0.39, 0.29) is 6.61 Å². The van der Waals surface area contributed by atoms with Crippen molar-refractivity contribution in [3.8, 4) is 28.7 Å². The number of para-hydroxylation sites is 1. The highest BCUT2D eigenvalue weighted by Crippen LogP contribution is 2.37. The normalized spacial score (nSPS) is 11.2. The number of carbonyl (C=O) groups is 1. The van der Waals surface area contributed by atoms with Crippen LogP contribution in [0, 0.1) is 6.92 Å². The van der Waals surface area contributed by atoms with E-state index in [0.29, 0.717) is 35.4 Å². The lowest BCUT2D eigenvalue weighted by Gasteiger charge is -2.13. The molecule has 0 aliphatic carbocycles. The standard InChI is InChI=1S/C33H28N2O6/c1-21-25(34-33(41-21)23-9-4-3-5-10-23)19-39-28-16-15-22(17-30(28)38-2)18-35-26-12-7-6-11-24(26)32-27(35)13-8-14-29(32)40-20-31(36)37/h3-17H,18-20H2,1-2H3,(H,36,37). The quantitative estimate of drug-likeness (QED) is 0.200. The third kappa shape index (κ3) is 5.19. The molecule has 8 heteroatoms. The molecule has 206 valence electrons. The number of aryl methyl sites for hydroxylation is 1. The van der Waals surface area contributed by atoms with Crippen LogP contribution < -0.4 is 14.2 Å². The van der Waals surface area contributed by atoms with Gasteiger partial charge in [-0.25, -0.2) is 9.78 Å². The zero-order chi connectivity index (χ0) is 28.3. The van der Waals surface area contributed by atoms with E-state index >= 15 is 0 Å². The number of methoxy groups -OCH3 is 1. The maximum absolute atomic E-state index is 11.1. The summed E-state index contributed by atoms with van der Waals surface area (Å²) in [6.45, 7) is 2.27. The second-order valence-corrected chi connectivity index (χ2v) is 9.60. The molecule has 0 fully saturated rings.